The summed E-state index contributed by atoms with van der Waals surface area (Å²) in [5.74, 6) is 0.250. The van der Waals surface area contributed by atoms with Crippen LogP contribution in [0.25, 0.3) is 0 Å². The number of rotatable bonds is 3. The highest BCUT2D eigenvalue weighted by molar-refractivity contribution is 5.91. The van der Waals surface area contributed by atoms with Gasteiger partial charge in [0.25, 0.3) is 5.91 Å². The van der Waals surface area contributed by atoms with E-state index < -0.39 is 5.97 Å². The van der Waals surface area contributed by atoms with Crippen molar-refractivity contribution < 1.29 is 14.3 Å². The highest BCUT2D eigenvalue weighted by Crippen LogP contribution is 2.20. The van der Waals surface area contributed by atoms with Gasteiger partial charge >= 0.3 is 5.97 Å². The fraction of sp³-hybridized carbons (Fsp3) is 0.471. The monoisotopic (exact) mass is 300 g/mol. The van der Waals surface area contributed by atoms with Crippen LogP contribution in [0.2, 0.25) is 0 Å². The van der Waals surface area contributed by atoms with E-state index in [0.717, 1.165) is 19.5 Å². The summed E-state index contributed by atoms with van der Waals surface area (Å²) in [5, 5.41) is 8.71. The maximum Gasteiger partial charge on any atom is 0.338 e. The molecule has 0 bridgehead atoms. The summed E-state index contributed by atoms with van der Waals surface area (Å²) in [6.45, 7) is 5.45. The van der Waals surface area contributed by atoms with Crippen LogP contribution in [0.1, 0.15) is 36.2 Å². The first kappa shape index (κ1) is 16.0. The van der Waals surface area contributed by atoms with Gasteiger partial charge in [0.05, 0.1) is 17.2 Å². The first-order chi connectivity index (χ1) is 10.5. The first-order valence-electron chi connectivity index (χ1n) is 7.44. The summed E-state index contributed by atoms with van der Waals surface area (Å²) in [7, 11) is 0. The second-order valence-electron chi connectivity index (χ2n) is 6.01. The zero-order valence-electron chi connectivity index (χ0n) is 12.9. The van der Waals surface area contributed by atoms with Crippen LogP contribution in [0.3, 0.4) is 0 Å². The molecule has 1 saturated heterocycles. The SMILES string of the molecule is C[C@@H]1C[C@@H](C)CN(C(=O)COC(=O)c2ccc(C#N)cc2)C1. The van der Waals surface area contributed by atoms with Gasteiger partial charge in [-0.15, -0.1) is 0 Å². The van der Waals surface area contributed by atoms with Crippen molar-refractivity contribution in [1.82, 2.24) is 4.90 Å². The maximum absolute atomic E-state index is 12.1. The number of amides is 1. The minimum atomic E-state index is -0.545. The molecule has 0 radical (unpaired) electrons. The fourth-order valence-electron chi connectivity index (χ4n) is 2.85. The average Bonchev–Trinajstić information content (AvgIpc) is 2.51. The Kier molecular flexibility index (Phi) is 5.16. The third-order valence-electron chi connectivity index (χ3n) is 3.80. The minimum absolute atomic E-state index is 0.152. The number of carbonyl (C=O) groups is 2. The molecule has 1 heterocycles. The fourth-order valence-corrected chi connectivity index (χ4v) is 2.85. The quantitative estimate of drug-likeness (QED) is 0.803. The molecule has 1 aromatic carbocycles. The van der Waals surface area contributed by atoms with Crippen molar-refractivity contribution >= 4 is 11.9 Å². The number of hydrogen-bond acceptors (Lipinski definition) is 4. The summed E-state index contributed by atoms with van der Waals surface area (Å²) in [6, 6.07) is 8.13. The van der Waals surface area contributed by atoms with Gasteiger partial charge in [0.1, 0.15) is 0 Å². The van der Waals surface area contributed by atoms with Crippen LogP contribution in [0.5, 0.6) is 0 Å². The molecule has 5 nitrogen and oxygen atoms in total. The van der Waals surface area contributed by atoms with E-state index in [-0.39, 0.29) is 12.5 Å². The van der Waals surface area contributed by atoms with Crippen LogP contribution in [-0.2, 0) is 9.53 Å². The van der Waals surface area contributed by atoms with Crippen LogP contribution in [0.4, 0.5) is 0 Å². The van der Waals surface area contributed by atoms with Gasteiger partial charge in [-0.05, 0) is 42.5 Å². The van der Waals surface area contributed by atoms with E-state index in [1.807, 2.05) is 6.07 Å². The second-order valence-corrected chi connectivity index (χ2v) is 6.01. The second kappa shape index (κ2) is 7.08. The van der Waals surface area contributed by atoms with Crippen molar-refractivity contribution in [1.29, 1.82) is 5.26 Å². The van der Waals surface area contributed by atoms with Crippen molar-refractivity contribution in [3.05, 3.63) is 35.4 Å². The van der Waals surface area contributed by atoms with Gasteiger partial charge in [0.2, 0.25) is 0 Å². The van der Waals surface area contributed by atoms with Gasteiger partial charge in [-0.1, -0.05) is 13.8 Å². The highest BCUT2D eigenvalue weighted by atomic mass is 16.5. The minimum Gasteiger partial charge on any atom is -0.452 e. The summed E-state index contributed by atoms with van der Waals surface area (Å²) < 4.78 is 5.07. The highest BCUT2D eigenvalue weighted by Gasteiger charge is 2.26. The topological polar surface area (TPSA) is 70.4 Å². The van der Waals surface area contributed by atoms with E-state index in [0.29, 0.717) is 23.0 Å². The number of nitriles is 1. The molecule has 0 N–H and O–H groups in total. The smallest absolute Gasteiger partial charge is 0.338 e. The summed E-state index contributed by atoms with van der Waals surface area (Å²) in [5.41, 5.74) is 0.816. The molecule has 1 aliphatic heterocycles. The molecular weight excluding hydrogens is 280 g/mol. The zero-order valence-corrected chi connectivity index (χ0v) is 12.9. The van der Waals surface area contributed by atoms with Gasteiger partial charge < -0.3 is 9.64 Å². The van der Waals surface area contributed by atoms with E-state index in [4.69, 9.17) is 10.00 Å². The van der Waals surface area contributed by atoms with Crippen molar-refractivity contribution in [2.75, 3.05) is 19.7 Å². The molecule has 116 valence electrons. The molecular formula is C17H20N2O3. The summed E-state index contributed by atoms with van der Waals surface area (Å²) in [6.07, 6.45) is 1.12. The van der Waals surface area contributed by atoms with Crippen molar-refractivity contribution in [2.45, 2.75) is 20.3 Å². The molecule has 1 aliphatic rings. The number of piperidine rings is 1. The van der Waals surface area contributed by atoms with Crippen LogP contribution >= 0.6 is 0 Å². The molecule has 1 aromatic rings. The lowest BCUT2D eigenvalue weighted by Crippen LogP contribution is -2.44. The van der Waals surface area contributed by atoms with Crippen molar-refractivity contribution in [3.63, 3.8) is 0 Å². The van der Waals surface area contributed by atoms with Crippen LogP contribution in [0, 0.1) is 23.2 Å². The van der Waals surface area contributed by atoms with E-state index in [2.05, 4.69) is 13.8 Å². The molecule has 2 rings (SSSR count). The van der Waals surface area contributed by atoms with Crippen LogP contribution in [0.15, 0.2) is 24.3 Å². The predicted molar refractivity (Wildman–Crippen MR) is 81.0 cm³/mol. The Labute approximate surface area is 130 Å². The molecule has 0 aliphatic carbocycles. The first-order valence-corrected chi connectivity index (χ1v) is 7.44. The lowest BCUT2D eigenvalue weighted by atomic mass is 9.92. The van der Waals surface area contributed by atoms with Gasteiger partial charge in [-0.25, -0.2) is 4.79 Å². The Bertz CT molecular complexity index is 579. The predicted octanol–water partition coefficient (Wildman–Crippen LogP) is 2.22. The zero-order chi connectivity index (χ0) is 16.1. The Morgan fingerprint density at radius 3 is 2.36 bits per heavy atom. The van der Waals surface area contributed by atoms with Gasteiger partial charge in [0.15, 0.2) is 6.61 Å². The van der Waals surface area contributed by atoms with Crippen molar-refractivity contribution in [3.8, 4) is 6.07 Å². The number of carbonyl (C=O) groups excluding carboxylic acids is 2. The Morgan fingerprint density at radius 2 is 1.82 bits per heavy atom. The van der Waals surface area contributed by atoms with Crippen molar-refractivity contribution in [2.24, 2.45) is 11.8 Å². The van der Waals surface area contributed by atoms with Gasteiger partial charge in [0, 0.05) is 13.1 Å². The molecule has 1 fully saturated rings. The molecule has 5 heteroatoms. The Hall–Kier alpha value is -2.35. The summed E-state index contributed by atoms with van der Waals surface area (Å²) >= 11 is 0. The number of hydrogen-bond donors (Lipinski definition) is 0. The molecule has 1 amide bonds. The Morgan fingerprint density at radius 1 is 1.23 bits per heavy atom. The normalized spacial score (nSPS) is 21.0. The lowest BCUT2D eigenvalue weighted by molar-refractivity contribution is -0.137. The van der Waals surface area contributed by atoms with E-state index in [1.165, 1.54) is 12.1 Å². The maximum atomic E-state index is 12.1. The number of likely N-dealkylation sites (tertiary alicyclic amines) is 1. The van der Waals surface area contributed by atoms with E-state index >= 15 is 0 Å². The summed E-state index contributed by atoms with van der Waals surface area (Å²) in [4.78, 5) is 25.8. The molecule has 0 spiro atoms. The van der Waals surface area contributed by atoms with E-state index in [9.17, 15) is 9.59 Å². The average molecular weight is 300 g/mol. The third-order valence-corrected chi connectivity index (χ3v) is 3.80. The number of esters is 1. The van der Waals surface area contributed by atoms with E-state index in [1.54, 1.807) is 17.0 Å². The molecule has 0 saturated carbocycles. The third kappa shape index (κ3) is 4.08. The van der Waals surface area contributed by atoms with Crippen LogP contribution in [-0.4, -0.2) is 36.5 Å². The lowest BCUT2D eigenvalue weighted by Gasteiger charge is -2.34. The largest absolute Gasteiger partial charge is 0.452 e. The molecule has 0 aromatic heterocycles. The van der Waals surface area contributed by atoms with Crippen LogP contribution < -0.4 is 0 Å². The number of ether oxygens (including phenoxy) is 1. The molecule has 2 atom stereocenters. The standard InChI is InChI=1S/C17H20N2O3/c1-12-7-13(2)10-19(9-12)16(20)11-22-17(21)15-5-3-14(8-18)4-6-15/h3-6,12-13H,7,9-11H2,1-2H3/t12-,13-/m1/s1. The Balaban J connectivity index is 1.87. The number of nitrogens with zero attached hydrogens (tertiary/aromatic N) is 2. The molecule has 22 heavy (non-hydrogen) atoms. The molecule has 0 unspecified atom stereocenters. The number of benzene rings is 1. The van der Waals surface area contributed by atoms with Gasteiger partial charge in [-0.3, -0.25) is 4.79 Å². The van der Waals surface area contributed by atoms with Gasteiger partial charge in [-0.2, -0.15) is 5.26 Å².